The van der Waals surface area contributed by atoms with Crippen LogP contribution in [0.25, 0.3) is 0 Å². The summed E-state index contributed by atoms with van der Waals surface area (Å²) in [5.41, 5.74) is -0.524. The van der Waals surface area contributed by atoms with Gasteiger partial charge in [0.1, 0.15) is 17.1 Å². The number of benzene rings is 2. The van der Waals surface area contributed by atoms with E-state index in [1.54, 1.807) is 0 Å². The van der Waals surface area contributed by atoms with Crippen molar-refractivity contribution in [3.63, 3.8) is 0 Å². The zero-order valence-corrected chi connectivity index (χ0v) is 15.3. The molecule has 0 radical (unpaired) electrons. The number of hydrogen-bond acceptors (Lipinski definition) is 6. The van der Waals surface area contributed by atoms with E-state index in [1.165, 1.54) is 42.5 Å². The van der Waals surface area contributed by atoms with Gasteiger partial charge in [-0.1, -0.05) is 12.5 Å². The van der Waals surface area contributed by atoms with Crippen molar-refractivity contribution in [2.75, 3.05) is 6.54 Å². The minimum absolute atomic E-state index is 0.0343. The SMILES string of the molecule is O=C(CCCCCN1C(=O)c2cccc([N+](=O)[O-])c2C1=O)Oc1ccc(F)cc1. The normalized spacial score (nSPS) is 12.8. The van der Waals surface area contributed by atoms with Gasteiger partial charge in [0.15, 0.2) is 0 Å². The zero-order valence-electron chi connectivity index (χ0n) is 15.3. The molecule has 2 aromatic carbocycles. The lowest BCUT2D eigenvalue weighted by Crippen LogP contribution is -2.30. The Hall–Kier alpha value is -3.62. The van der Waals surface area contributed by atoms with Crippen LogP contribution in [0.3, 0.4) is 0 Å². The van der Waals surface area contributed by atoms with Crippen LogP contribution in [0.2, 0.25) is 0 Å². The summed E-state index contributed by atoms with van der Waals surface area (Å²) in [5, 5.41) is 11.1. The molecule has 0 aliphatic carbocycles. The van der Waals surface area contributed by atoms with Crippen molar-refractivity contribution >= 4 is 23.5 Å². The van der Waals surface area contributed by atoms with Gasteiger partial charge >= 0.3 is 5.97 Å². The van der Waals surface area contributed by atoms with Gasteiger partial charge in [-0.25, -0.2) is 4.39 Å². The average molecular weight is 400 g/mol. The largest absolute Gasteiger partial charge is 0.427 e. The molecule has 0 fully saturated rings. The van der Waals surface area contributed by atoms with Crippen molar-refractivity contribution in [2.24, 2.45) is 0 Å². The molecular weight excluding hydrogens is 383 g/mol. The van der Waals surface area contributed by atoms with Gasteiger partial charge in [-0.2, -0.15) is 0 Å². The van der Waals surface area contributed by atoms with Crippen LogP contribution >= 0.6 is 0 Å². The number of carbonyl (C=O) groups is 3. The van der Waals surface area contributed by atoms with E-state index in [0.29, 0.717) is 19.3 Å². The van der Waals surface area contributed by atoms with Gasteiger partial charge in [0.25, 0.3) is 17.5 Å². The molecule has 0 atom stereocenters. The van der Waals surface area contributed by atoms with E-state index in [1.807, 2.05) is 0 Å². The number of amides is 2. The highest BCUT2D eigenvalue weighted by Gasteiger charge is 2.40. The fourth-order valence-electron chi connectivity index (χ4n) is 3.07. The summed E-state index contributed by atoms with van der Waals surface area (Å²) in [7, 11) is 0. The van der Waals surface area contributed by atoms with Crippen LogP contribution < -0.4 is 4.74 Å². The monoisotopic (exact) mass is 400 g/mol. The Morgan fingerprint density at radius 3 is 2.45 bits per heavy atom. The van der Waals surface area contributed by atoms with E-state index < -0.39 is 28.5 Å². The first-order chi connectivity index (χ1) is 13.9. The van der Waals surface area contributed by atoms with Crippen LogP contribution in [0, 0.1) is 15.9 Å². The quantitative estimate of drug-likeness (QED) is 0.168. The highest BCUT2D eigenvalue weighted by atomic mass is 19.1. The van der Waals surface area contributed by atoms with Crippen LogP contribution in [-0.2, 0) is 4.79 Å². The van der Waals surface area contributed by atoms with Crippen molar-refractivity contribution in [2.45, 2.75) is 25.7 Å². The number of hydrogen-bond donors (Lipinski definition) is 0. The number of halogens is 1. The maximum Gasteiger partial charge on any atom is 0.311 e. The van der Waals surface area contributed by atoms with Gasteiger partial charge in [-0.05, 0) is 43.2 Å². The number of nitrogens with zero attached hydrogens (tertiary/aromatic N) is 2. The Labute approximate surface area is 165 Å². The van der Waals surface area contributed by atoms with Crippen LogP contribution in [0.5, 0.6) is 5.75 Å². The Kier molecular flexibility index (Phi) is 5.96. The molecule has 0 unspecified atom stereocenters. The summed E-state index contributed by atoms with van der Waals surface area (Å²) in [5.74, 6) is -1.86. The lowest BCUT2D eigenvalue weighted by Gasteiger charge is -2.13. The highest BCUT2D eigenvalue weighted by Crippen LogP contribution is 2.30. The molecule has 0 aromatic heterocycles. The van der Waals surface area contributed by atoms with Crippen molar-refractivity contribution < 1.29 is 28.4 Å². The molecule has 9 heteroatoms. The molecule has 0 saturated heterocycles. The number of ether oxygens (including phenoxy) is 1. The zero-order chi connectivity index (χ0) is 21.0. The molecule has 150 valence electrons. The second-order valence-corrected chi connectivity index (χ2v) is 6.46. The Morgan fingerprint density at radius 1 is 1.03 bits per heavy atom. The molecule has 1 aliphatic rings. The smallest absolute Gasteiger partial charge is 0.311 e. The van der Waals surface area contributed by atoms with Crippen LogP contribution in [0.1, 0.15) is 46.4 Å². The van der Waals surface area contributed by atoms with Gasteiger partial charge in [0.05, 0.1) is 10.5 Å². The van der Waals surface area contributed by atoms with Crippen molar-refractivity contribution in [3.05, 3.63) is 69.5 Å². The maximum atomic E-state index is 12.8. The van der Waals surface area contributed by atoms with E-state index in [-0.39, 0.29) is 35.5 Å². The first kappa shape index (κ1) is 20.1. The van der Waals surface area contributed by atoms with Crippen LogP contribution in [-0.4, -0.2) is 34.2 Å². The van der Waals surface area contributed by atoms with Crippen molar-refractivity contribution in [1.82, 2.24) is 4.90 Å². The third-order valence-electron chi connectivity index (χ3n) is 4.48. The standard InChI is InChI=1S/C20H17FN2O6/c21-13-8-10-14(11-9-13)29-17(24)7-2-1-3-12-22-19(25)15-5-4-6-16(23(27)28)18(15)20(22)26/h4-6,8-11H,1-3,7,12H2. The molecule has 0 saturated carbocycles. The predicted octanol–water partition coefficient (Wildman–Crippen LogP) is 3.50. The minimum Gasteiger partial charge on any atom is -0.427 e. The molecule has 0 spiro atoms. The Morgan fingerprint density at radius 2 is 1.76 bits per heavy atom. The minimum atomic E-state index is -0.680. The summed E-state index contributed by atoms with van der Waals surface area (Å²) < 4.78 is 17.9. The van der Waals surface area contributed by atoms with E-state index >= 15 is 0 Å². The van der Waals surface area contributed by atoms with Crippen molar-refractivity contribution in [3.8, 4) is 5.75 Å². The Balaban J connectivity index is 1.46. The molecule has 8 nitrogen and oxygen atoms in total. The van der Waals surface area contributed by atoms with E-state index in [2.05, 4.69) is 0 Å². The van der Waals surface area contributed by atoms with Crippen LogP contribution in [0.4, 0.5) is 10.1 Å². The summed E-state index contributed by atoms with van der Waals surface area (Å²) in [6, 6.07) is 9.06. The van der Waals surface area contributed by atoms with Gasteiger partial charge < -0.3 is 4.74 Å². The second-order valence-electron chi connectivity index (χ2n) is 6.46. The molecule has 2 aromatic rings. The number of nitro benzene ring substituents is 1. The average Bonchev–Trinajstić information content (AvgIpc) is 2.94. The lowest BCUT2D eigenvalue weighted by molar-refractivity contribution is -0.385. The molecule has 0 N–H and O–H groups in total. The lowest BCUT2D eigenvalue weighted by atomic mass is 10.1. The fraction of sp³-hybridized carbons (Fsp3) is 0.250. The summed E-state index contributed by atoms with van der Waals surface area (Å²) in [6.07, 6.45) is 1.60. The van der Waals surface area contributed by atoms with Gasteiger partial charge in [-0.3, -0.25) is 29.4 Å². The van der Waals surface area contributed by atoms with E-state index in [0.717, 1.165) is 4.90 Å². The van der Waals surface area contributed by atoms with Gasteiger partial charge in [-0.15, -0.1) is 0 Å². The first-order valence-corrected chi connectivity index (χ1v) is 8.98. The summed E-state index contributed by atoms with van der Waals surface area (Å²) >= 11 is 0. The highest BCUT2D eigenvalue weighted by molar-refractivity contribution is 6.23. The van der Waals surface area contributed by atoms with Gasteiger partial charge in [0, 0.05) is 19.0 Å². The number of rotatable bonds is 8. The molecule has 2 amide bonds. The number of imide groups is 1. The van der Waals surface area contributed by atoms with E-state index in [9.17, 15) is 28.9 Å². The maximum absolute atomic E-state index is 12.8. The molecule has 1 aliphatic heterocycles. The number of nitro groups is 1. The molecule has 3 rings (SSSR count). The number of fused-ring (bicyclic) bond motifs is 1. The molecule has 1 heterocycles. The predicted molar refractivity (Wildman–Crippen MR) is 99.0 cm³/mol. The molecule has 29 heavy (non-hydrogen) atoms. The van der Waals surface area contributed by atoms with E-state index in [4.69, 9.17) is 4.74 Å². The Bertz CT molecular complexity index is 973. The van der Waals surface area contributed by atoms with Crippen LogP contribution in [0.15, 0.2) is 42.5 Å². The van der Waals surface area contributed by atoms with Gasteiger partial charge in [0.2, 0.25) is 0 Å². The molecular formula is C20H17FN2O6. The second kappa shape index (κ2) is 8.59. The topological polar surface area (TPSA) is 107 Å². The summed E-state index contributed by atoms with van der Waals surface area (Å²) in [6.45, 7) is 0.108. The first-order valence-electron chi connectivity index (χ1n) is 8.98. The third-order valence-corrected chi connectivity index (χ3v) is 4.48. The number of unbranched alkanes of at least 4 members (excludes halogenated alkanes) is 2. The summed E-state index contributed by atoms with van der Waals surface area (Å²) in [4.78, 5) is 48.0. The van der Waals surface area contributed by atoms with Crippen molar-refractivity contribution in [1.29, 1.82) is 0 Å². The molecule has 0 bridgehead atoms. The fourth-order valence-corrected chi connectivity index (χ4v) is 3.07. The number of carbonyl (C=O) groups excluding carboxylic acids is 3. The number of esters is 1. The third kappa shape index (κ3) is 4.45.